The number of nitrogens with zero attached hydrogens (tertiary/aromatic N) is 3. The van der Waals surface area contributed by atoms with Gasteiger partial charge < -0.3 is 5.11 Å². The largest absolute Gasteiger partial charge is 0.506 e. The topological polar surface area (TPSA) is 61.3 Å². The summed E-state index contributed by atoms with van der Waals surface area (Å²) in [5.41, 5.74) is 1.12. The lowest BCUT2D eigenvalue weighted by atomic mass is 9.98. The van der Waals surface area contributed by atoms with E-state index >= 15 is 0 Å². The van der Waals surface area contributed by atoms with Crippen LogP contribution in [0.2, 0.25) is 0 Å². The molecule has 13 heavy (non-hydrogen) atoms. The number of aromatic hydroxyl groups is 1. The van der Waals surface area contributed by atoms with Crippen LogP contribution < -0.4 is 5.46 Å². The second-order valence-corrected chi connectivity index (χ2v) is 2.62. The highest BCUT2D eigenvalue weighted by Crippen LogP contribution is 2.19. The Morgan fingerprint density at radius 3 is 3.08 bits per heavy atom. The molecule has 0 aliphatic carbocycles. The van der Waals surface area contributed by atoms with Crippen molar-refractivity contribution in [2.75, 3.05) is 0 Å². The highest BCUT2D eigenvalue weighted by Gasteiger charge is 2.07. The molecule has 0 unspecified atom stereocenters. The minimum absolute atomic E-state index is 0.0333. The van der Waals surface area contributed by atoms with Crippen LogP contribution in [-0.4, -0.2) is 22.6 Å². The molecular formula is C8H4BN3O. The van der Waals surface area contributed by atoms with Crippen LogP contribution in [0.1, 0.15) is 5.56 Å². The highest BCUT2D eigenvalue weighted by molar-refractivity contribution is 6.32. The molecule has 5 heteroatoms. The first-order valence-electron chi connectivity index (χ1n) is 3.58. The molecule has 1 N–H and O–H groups in total. The molecule has 2 aromatic rings. The van der Waals surface area contributed by atoms with Gasteiger partial charge in [-0.15, -0.1) is 0 Å². The average molecular weight is 169 g/mol. The molecule has 2 rings (SSSR count). The van der Waals surface area contributed by atoms with Crippen molar-refractivity contribution < 1.29 is 5.11 Å². The van der Waals surface area contributed by atoms with Crippen molar-refractivity contribution in [3.63, 3.8) is 0 Å². The first-order chi connectivity index (χ1) is 6.22. The van der Waals surface area contributed by atoms with Gasteiger partial charge in [0, 0.05) is 6.20 Å². The van der Waals surface area contributed by atoms with Crippen LogP contribution in [0.5, 0.6) is 5.75 Å². The van der Waals surface area contributed by atoms with Gasteiger partial charge in [0.05, 0.1) is 6.20 Å². The van der Waals surface area contributed by atoms with E-state index in [9.17, 15) is 5.11 Å². The van der Waals surface area contributed by atoms with Gasteiger partial charge in [0.15, 0.2) is 0 Å². The van der Waals surface area contributed by atoms with Gasteiger partial charge in [-0.3, -0.25) is 0 Å². The summed E-state index contributed by atoms with van der Waals surface area (Å²) in [4.78, 5) is 0. The van der Waals surface area contributed by atoms with Gasteiger partial charge in [0.2, 0.25) is 0 Å². The molecule has 2 heterocycles. The number of hydrogen-bond donors (Lipinski definition) is 1. The van der Waals surface area contributed by atoms with E-state index in [2.05, 4.69) is 5.10 Å². The Morgan fingerprint density at radius 1 is 1.62 bits per heavy atom. The summed E-state index contributed by atoms with van der Waals surface area (Å²) >= 11 is 0. The lowest BCUT2D eigenvalue weighted by molar-refractivity contribution is 0.479. The fourth-order valence-corrected chi connectivity index (χ4v) is 1.20. The number of pyridine rings is 1. The number of fused-ring (bicyclic) bond motifs is 1. The summed E-state index contributed by atoms with van der Waals surface area (Å²) in [7, 11) is 5.47. The van der Waals surface area contributed by atoms with Crippen molar-refractivity contribution in [3.8, 4) is 11.8 Å². The zero-order valence-electron chi connectivity index (χ0n) is 6.60. The van der Waals surface area contributed by atoms with Gasteiger partial charge in [-0.05, 0) is 6.07 Å². The number of rotatable bonds is 0. The maximum Gasteiger partial charge on any atom is 0.142 e. The zero-order chi connectivity index (χ0) is 9.42. The molecule has 0 aromatic carbocycles. The molecule has 0 saturated carbocycles. The molecule has 0 fully saturated rings. The maximum absolute atomic E-state index is 9.46. The molecule has 0 saturated heterocycles. The molecule has 60 valence electrons. The van der Waals surface area contributed by atoms with E-state index < -0.39 is 0 Å². The molecule has 2 aromatic heterocycles. The fourth-order valence-electron chi connectivity index (χ4n) is 1.20. The molecule has 4 nitrogen and oxygen atoms in total. The van der Waals surface area contributed by atoms with E-state index in [0.717, 1.165) is 0 Å². The van der Waals surface area contributed by atoms with Crippen LogP contribution in [0.15, 0.2) is 18.5 Å². The third kappa shape index (κ3) is 1.04. The van der Waals surface area contributed by atoms with Gasteiger partial charge in [-0.1, -0.05) is 5.46 Å². The normalized spacial score (nSPS) is 10.1. The molecular weight excluding hydrogens is 165 g/mol. The van der Waals surface area contributed by atoms with E-state index in [0.29, 0.717) is 16.5 Å². The summed E-state index contributed by atoms with van der Waals surface area (Å²) in [6, 6.07) is 3.31. The van der Waals surface area contributed by atoms with E-state index in [4.69, 9.17) is 13.1 Å². The van der Waals surface area contributed by atoms with Crippen molar-refractivity contribution in [1.29, 1.82) is 5.26 Å². The Balaban J connectivity index is 2.92. The van der Waals surface area contributed by atoms with E-state index in [1.54, 1.807) is 0 Å². The SMILES string of the molecule is [B]c1cc(O)c2c(C#N)cnn2c1. The van der Waals surface area contributed by atoms with Crippen LogP contribution in [0.4, 0.5) is 0 Å². The van der Waals surface area contributed by atoms with Crippen LogP contribution in [0, 0.1) is 11.3 Å². The van der Waals surface area contributed by atoms with Crippen LogP contribution in [-0.2, 0) is 0 Å². The van der Waals surface area contributed by atoms with Gasteiger partial charge in [-0.25, -0.2) is 4.52 Å². The Kier molecular flexibility index (Phi) is 1.49. The number of aromatic nitrogens is 2. The monoisotopic (exact) mass is 169 g/mol. The number of hydrogen-bond acceptors (Lipinski definition) is 3. The second-order valence-electron chi connectivity index (χ2n) is 2.62. The van der Waals surface area contributed by atoms with E-state index in [-0.39, 0.29) is 5.75 Å². The van der Waals surface area contributed by atoms with E-state index in [1.165, 1.54) is 23.0 Å². The maximum atomic E-state index is 9.46. The third-order valence-corrected chi connectivity index (χ3v) is 1.73. The van der Waals surface area contributed by atoms with Crippen molar-refractivity contribution in [2.24, 2.45) is 0 Å². The Bertz CT molecular complexity index is 512. The summed E-state index contributed by atoms with van der Waals surface area (Å²) in [6.07, 6.45) is 2.92. The van der Waals surface area contributed by atoms with Crippen molar-refractivity contribution >= 4 is 18.8 Å². The molecule has 0 spiro atoms. The van der Waals surface area contributed by atoms with E-state index in [1.807, 2.05) is 6.07 Å². The van der Waals surface area contributed by atoms with Crippen molar-refractivity contribution in [2.45, 2.75) is 0 Å². The first kappa shape index (κ1) is 7.68. The standard InChI is InChI=1S/C8H4BN3O/c9-6-1-7(13)8-5(2-10)3-11-12(8)4-6/h1,3-4,13H. The van der Waals surface area contributed by atoms with Gasteiger partial charge in [0.1, 0.15) is 30.7 Å². The van der Waals surface area contributed by atoms with Crippen LogP contribution in [0.3, 0.4) is 0 Å². The Hall–Kier alpha value is -1.96. The molecule has 0 bridgehead atoms. The number of nitriles is 1. The minimum Gasteiger partial charge on any atom is -0.506 e. The Labute approximate surface area is 75.4 Å². The minimum atomic E-state index is -0.0333. The third-order valence-electron chi connectivity index (χ3n) is 1.73. The van der Waals surface area contributed by atoms with Gasteiger partial charge in [0.25, 0.3) is 0 Å². The lowest BCUT2D eigenvalue weighted by Gasteiger charge is -1.99. The summed E-state index contributed by atoms with van der Waals surface area (Å²) in [6.45, 7) is 0. The first-order valence-corrected chi connectivity index (χ1v) is 3.58. The summed E-state index contributed by atoms with van der Waals surface area (Å²) in [5, 5.41) is 22.0. The fraction of sp³-hybridized carbons (Fsp3) is 0. The summed E-state index contributed by atoms with van der Waals surface area (Å²) in [5.74, 6) is -0.0333. The molecule has 0 aliphatic heterocycles. The van der Waals surface area contributed by atoms with Gasteiger partial charge >= 0.3 is 0 Å². The average Bonchev–Trinajstić information content (AvgIpc) is 2.47. The smallest absolute Gasteiger partial charge is 0.142 e. The second kappa shape index (κ2) is 2.52. The summed E-state index contributed by atoms with van der Waals surface area (Å²) < 4.78 is 1.38. The molecule has 0 amide bonds. The lowest BCUT2D eigenvalue weighted by Crippen LogP contribution is -2.05. The van der Waals surface area contributed by atoms with Crippen molar-refractivity contribution in [1.82, 2.24) is 9.61 Å². The predicted octanol–water partition coefficient (Wildman–Crippen LogP) is -0.295. The Morgan fingerprint density at radius 2 is 2.38 bits per heavy atom. The zero-order valence-corrected chi connectivity index (χ0v) is 6.60. The molecule has 0 aliphatic rings. The van der Waals surface area contributed by atoms with Crippen molar-refractivity contribution in [3.05, 3.63) is 24.0 Å². The molecule has 2 radical (unpaired) electrons. The van der Waals surface area contributed by atoms with Crippen LogP contribution >= 0.6 is 0 Å². The highest BCUT2D eigenvalue weighted by atomic mass is 16.3. The van der Waals surface area contributed by atoms with Crippen LogP contribution in [0.25, 0.3) is 5.52 Å². The molecule has 0 atom stereocenters. The quantitative estimate of drug-likeness (QED) is 0.551. The van der Waals surface area contributed by atoms with Gasteiger partial charge in [-0.2, -0.15) is 10.4 Å². The predicted molar refractivity (Wildman–Crippen MR) is 47.0 cm³/mol.